The average Bonchev–Trinajstić information content (AvgIpc) is 2.79. The summed E-state index contributed by atoms with van der Waals surface area (Å²) in [7, 11) is 0. The molecule has 0 spiro atoms. The first-order chi connectivity index (χ1) is 14.3. The van der Waals surface area contributed by atoms with Crippen molar-refractivity contribution in [3.05, 3.63) is 83.2 Å². The number of para-hydroxylation sites is 1. The molecule has 1 aliphatic rings. The number of rotatable bonds is 3. The quantitative estimate of drug-likeness (QED) is 0.494. The van der Waals surface area contributed by atoms with Crippen molar-refractivity contribution in [1.82, 2.24) is 4.98 Å². The smallest absolute Gasteiger partial charge is 0.182 e. The molecule has 0 saturated carbocycles. The van der Waals surface area contributed by atoms with Crippen molar-refractivity contribution in [3.8, 4) is 21.6 Å². The number of nitrogens with zero attached hydrogens (tertiary/aromatic N) is 2. The van der Waals surface area contributed by atoms with Crippen molar-refractivity contribution >= 4 is 27.2 Å². The van der Waals surface area contributed by atoms with E-state index in [1.54, 1.807) is 23.5 Å². The number of fused-ring (bicyclic) bond motifs is 1. The summed E-state index contributed by atoms with van der Waals surface area (Å²) in [5, 5.41) is 2.13. The Morgan fingerprint density at radius 2 is 1.69 bits per heavy atom. The Morgan fingerprint density at radius 1 is 0.897 bits per heavy atom. The molecule has 1 fully saturated rings. The first-order valence-electron chi connectivity index (χ1n) is 9.70. The third kappa shape index (κ3) is 3.67. The Hall–Kier alpha value is -3.02. The number of hydrogen-bond donors (Lipinski definition) is 0. The summed E-state index contributed by atoms with van der Waals surface area (Å²) in [6.07, 6.45) is 1.83. The van der Waals surface area contributed by atoms with Crippen LogP contribution in [0.25, 0.3) is 32.5 Å². The predicted octanol–water partition coefficient (Wildman–Crippen LogP) is 4.83. The maximum Gasteiger partial charge on any atom is 0.182 e. The third-order valence-electron chi connectivity index (χ3n) is 5.17. The van der Waals surface area contributed by atoms with Crippen LogP contribution in [-0.2, 0) is 4.74 Å². The third-order valence-corrected chi connectivity index (χ3v) is 6.33. The van der Waals surface area contributed by atoms with E-state index in [-0.39, 0.29) is 5.43 Å². The highest BCUT2D eigenvalue weighted by molar-refractivity contribution is 7.19. The molecule has 2 aromatic heterocycles. The Kier molecular flexibility index (Phi) is 4.84. The van der Waals surface area contributed by atoms with Crippen molar-refractivity contribution in [1.29, 1.82) is 0 Å². The van der Waals surface area contributed by atoms with Gasteiger partial charge in [0.15, 0.2) is 5.43 Å². The van der Waals surface area contributed by atoms with Gasteiger partial charge in [-0.2, -0.15) is 0 Å². The second kappa shape index (κ2) is 7.78. The van der Waals surface area contributed by atoms with Crippen molar-refractivity contribution < 1.29 is 4.74 Å². The highest BCUT2D eigenvalue weighted by atomic mass is 32.1. The van der Waals surface area contributed by atoms with Crippen molar-refractivity contribution in [2.24, 2.45) is 0 Å². The molecule has 0 atom stereocenters. The van der Waals surface area contributed by atoms with Gasteiger partial charge in [-0.3, -0.25) is 9.78 Å². The van der Waals surface area contributed by atoms with Gasteiger partial charge in [0.2, 0.25) is 0 Å². The molecular formula is C24H20N2O2S. The summed E-state index contributed by atoms with van der Waals surface area (Å²) in [6, 6.07) is 22.1. The summed E-state index contributed by atoms with van der Waals surface area (Å²) in [6.45, 7) is 3.05. The van der Waals surface area contributed by atoms with Crippen LogP contribution >= 0.6 is 11.3 Å². The largest absolute Gasteiger partial charge is 0.378 e. The minimum atomic E-state index is 0.0393. The molecule has 4 aromatic rings. The number of morpholine rings is 1. The van der Waals surface area contributed by atoms with Gasteiger partial charge in [0.1, 0.15) is 0 Å². The Labute approximate surface area is 173 Å². The lowest BCUT2D eigenvalue weighted by Gasteiger charge is -2.28. The van der Waals surface area contributed by atoms with Crippen LogP contribution in [-0.4, -0.2) is 31.3 Å². The normalized spacial score (nSPS) is 14.3. The molecule has 4 nitrogen and oxygen atoms in total. The molecule has 2 aromatic carbocycles. The zero-order valence-electron chi connectivity index (χ0n) is 15.9. The zero-order chi connectivity index (χ0) is 19.6. The molecule has 5 heteroatoms. The Bertz CT molecular complexity index is 1220. The lowest BCUT2D eigenvalue weighted by molar-refractivity contribution is 0.123. The van der Waals surface area contributed by atoms with E-state index in [1.165, 1.54) is 0 Å². The fraction of sp³-hybridized carbons (Fsp3) is 0.167. The summed E-state index contributed by atoms with van der Waals surface area (Å²) in [4.78, 5) is 20.2. The average molecular weight is 401 g/mol. The van der Waals surface area contributed by atoms with E-state index in [4.69, 9.17) is 4.74 Å². The second-order valence-electron chi connectivity index (χ2n) is 7.06. The summed E-state index contributed by atoms with van der Waals surface area (Å²) in [5.41, 5.74) is 4.28. The SMILES string of the molecule is O=c1cc(-c2cccc(-c3cccc4cccnc34)c2)sc(N2CCOCC2)c1. The zero-order valence-corrected chi connectivity index (χ0v) is 16.7. The van der Waals surface area contributed by atoms with Crippen molar-refractivity contribution in [2.75, 3.05) is 31.2 Å². The molecule has 29 heavy (non-hydrogen) atoms. The van der Waals surface area contributed by atoms with Crippen LogP contribution in [0.5, 0.6) is 0 Å². The van der Waals surface area contributed by atoms with Gasteiger partial charge in [-0.25, -0.2) is 0 Å². The summed E-state index contributed by atoms with van der Waals surface area (Å²) < 4.78 is 5.45. The summed E-state index contributed by atoms with van der Waals surface area (Å²) >= 11 is 1.66. The monoisotopic (exact) mass is 400 g/mol. The second-order valence-corrected chi connectivity index (χ2v) is 8.12. The molecule has 0 N–H and O–H groups in total. The van der Waals surface area contributed by atoms with Crippen LogP contribution in [0.1, 0.15) is 0 Å². The molecule has 3 heterocycles. The van der Waals surface area contributed by atoms with Gasteiger partial charge < -0.3 is 9.64 Å². The van der Waals surface area contributed by atoms with Crippen LogP contribution in [0.15, 0.2) is 77.7 Å². The molecule has 0 amide bonds. The Morgan fingerprint density at radius 3 is 2.59 bits per heavy atom. The van der Waals surface area contributed by atoms with Gasteiger partial charge in [0, 0.05) is 47.2 Å². The number of hydrogen-bond acceptors (Lipinski definition) is 5. The lowest BCUT2D eigenvalue weighted by Crippen LogP contribution is -2.36. The first kappa shape index (κ1) is 18.0. The molecule has 144 valence electrons. The first-order valence-corrected chi connectivity index (χ1v) is 10.5. The number of pyridine rings is 1. The molecule has 5 rings (SSSR count). The van der Waals surface area contributed by atoms with Crippen LogP contribution in [0.4, 0.5) is 5.00 Å². The summed E-state index contributed by atoms with van der Waals surface area (Å²) in [5.74, 6) is 0. The van der Waals surface area contributed by atoms with E-state index < -0.39 is 0 Å². The van der Waals surface area contributed by atoms with Crippen LogP contribution in [0.2, 0.25) is 0 Å². The van der Waals surface area contributed by atoms with E-state index in [9.17, 15) is 4.79 Å². The van der Waals surface area contributed by atoms with Gasteiger partial charge in [-0.05, 0) is 23.3 Å². The number of aromatic nitrogens is 1. The van der Waals surface area contributed by atoms with Gasteiger partial charge in [0.05, 0.1) is 23.7 Å². The number of ether oxygens (including phenoxy) is 1. The lowest BCUT2D eigenvalue weighted by atomic mass is 10.00. The molecule has 0 unspecified atom stereocenters. The fourth-order valence-corrected chi connectivity index (χ4v) is 4.86. The van der Waals surface area contributed by atoms with Crippen LogP contribution < -0.4 is 10.3 Å². The molecule has 0 aliphatic carbocycles. The van der Waals surface area contributed by atoms with Gasteiger partial charge in [0.25, 0.3) is 0 Å². The van der Waals surface area contributed by atoms with Crippen molar-refractivity contribution in [3.63, 3.8) is 0 Å². The predicted molar refractivity (Wildman–Crippen MR) is 120 cm³/mol. The molecule has 1 aliphatic heterocycles. The molecule has 0 radical (unpaired) electrons. The van der Waals surface area contributed by atoms with E-state index in [0.29, 0.717) is 13.2 Å². The standard InChI is InChI=1S/C24H20N2O2S/c27-20-15-22(29-23(16-20)26-10-12-28-13-11-26)19-6-1-5-18(14-19)21-8-2-4-17-7-3-9-25-24(17)21/h1-9,14-16H,10-13H2. The van der Waals surface area contributed by atoms with E-state index in [2.05, 4.69) is 52.3 Å². The number of benzene rings is 2. The maximum atomic E-state index is 12.4. The fourth-order valence-electron chi connectivity index (χ4n) is 3.72. The van der Waals surface area contributed by atoms with Crippen LogP contribution in [0, 0.1) is 0 Å². The van der Waals surface area contributed by atoms with Crippen molar-refractivity contribution in [2.45, 2.75) is 0 Å². The molecule has 0 bridgehead atoms. The number of anilines is 1. The molecule has 1 saturated heterocycles. The van der Waals surface area contributed by atoms with E-state index in [1.807, 2.05) is 18.3 Å². The Balaban J connectivity index is 1.58. The van der Waals surface area contributed by atoms with Gasteiger partial charge in [-0.15, -0.1) is 11.3 Å². The maximum absolute atomic E-state index is 12.4. The molecular weight excluding hydrogens is 380 g/mol. The minimum absolute atomic E-state index is 0.0393. The van der Waals surface area contributed by atoms with E-state index >= 15 is 0 Å². The highest BCUT2D eigenvalue weighted by Gasteiger charge is 2.14. The van der Waals surface area contributed by atoms with Gasteiger partial charge >= 0.3 is 0 Å². The highest BCUT2D eigenvalue weighted by Crippen LogP contribution is 2.34. The minimum Gasteiger partial charge on any atom is -0.378 e. The van der Waals surface area contributed by atoms with Crippen LogP contribution in [0.3, 0.4) is 0 Å². The van der Waals surface area contributed by atoms with Gasteiger partial charge in [-0.1, -0.05) is 42.5 Å². The topological polar surface area (TPSA) is 42.4 Å². The van der Waals surface area contributed by atoms with E-state index in [0.717, 1.165) is 50.6 Å².